The van der Waals surface area contributed by atoms with Crippen molar-refractivity contribution in [3.8, 4) is 5.75 Å². The molecule has 0 spiro atoms. The lowest BCUT2D eigenvalue weighted by molar-refractivity contribution is -0.153. The molecule has 19 heteroatoms. The highest BCUT2D eigenvalue weighted by Crippen LogP contribution is 2.45. The highest BCUT2D eigenvalue weighted by atomic mass is 127. The summed E-state index contributed by atoms with van der Waals surface area (Å²) in [5.74, 6) is -0.209. The molecule has 5 heterocycles. The van der Waals surface area contributed by atoms with Crippen molar-refractivity contribution in [3.63, 3.8) is 0 Å². The number of rotatable bonds is 19. The Labute approximate surface area is 440 Å². The van der Waals surface area contributed by atoms with Gasteiger partial charge in [-0.15, -0.1) is 58.8 Å². The number of pyridine rings is 1. The number of amides is 2. The minimum atomic E-state index is -1.02. The molecule has 3 aromatic heterocycles. The smallest absolute Gasteiger partial charge is 0.355 e. The van der Waals surface area contributed by atoms with Crippen LogP contribution in [0.2, 0.25) is 0 Å². The number of esters is 1. The SMILES string of the molecule is CO/N=C(\C(=O)N[C@@H]1C(=O)N2C(C(=O)OCc3ccc(OC)cc3)=C(C(NCc3c(C)noc3C)Sc3ccncc3)CS[C@H]12)c1csc(NC(c2ccccc2)(c2ccccc2)c2ccccc2)n1.I. The molecule has 9 rings (SSSR count). The van der Waals surface area contributed by atoms with Crippen LogP contribution in [-0.4, -0.2) is 80.3 Å². The number of nitrogens with zero attached hydrogens (tertiary/aromatic N) is 5. The first-order chi connectivity index (χ1) is 34.2. The van der Waals surface area contributed by atoms with Gasteiger partial charge < -0.3 is 29.5 Å². The van der Waals surface area contributed by atoms with E-state index in [9.17, 15) is 14.4 Å². The van der Waals surface area contributed by atoms with Gasteiger partial charge in [-0.05, 0) is 65.9 Å². The molecule has 1 fully saturated rings. The normalized spacial score (nSPS) is 16.0. The van der Waals surface area contributed by atoms with Crippen LogP contribution < -0.4 is 20.7 Å². The fourth-order valence-corrected chi connectivity index (χ4v) is 11.7. The van der Waals surface area contributed by atoms with Gasteiger partial charge >= 0.3 is 5.97 Å². The van der Waals surface area contributed by atoms with E-state index in [4.69, 9.17) is 23.8 Å². The molecule has 0 aliphatic carbocycles. The molecule has 364 valence electrons. The van der Waals surface area contributed by atoms with E-state index in [1.54, 1.807) is 49.1 Å². The number of fused-ring (bicyclic) bond motifs is 1. The third kappa shape index (κ3) is 10.9. The Kier molecular flexibility index (Phi) is 16.6. The van der Waals surface area contributed by atoms with Gasteiger partial charge in [-0.25, -0.2) is 9.78 Å². The molecule has 2 amide bonds. The minimum absolute atomic E-state index is 0. The molecule has 1 saturated heterocycles. The van der Waals surface area contributed by atoms with E-state index in [0.29, 0.717) is 34.5 Å². The van der Waals surface area contributed by atoms with Crippen molar-refractivity contribution in [3.05, 3.63) is 201 Å². The van der Waals surface area contributed by atoms with Crippen LogP contribution in [0.3, 0.4) is 0 Å². The van der Waals surface area contributed by atoms with Crippen LogP contribution in [0.25, 0.3) is 0 Å². The van der Waals surface area contributed by atoms with Crippen molar-refractivity contribution in [2.45, 2.75) is 54.2 Å². The monoisotopic (exact) mass is 1120 g/mol. The van der Waals surface area contributed by atoms with Crippen LogP contribution in [0.1, 0.15) is 45.0 Å². The van der Waals surface area contributed by atoms with Crippen LogP contribution in [0.4, 0.5) is 5.13 Å². The molecule has 0 bridgehead atoms. The van der Waals surface area contributed by atoms with Gasteiger partial charge in [0.1, 0.15) is 53.6 Å². The zero-order valence-corrected chi connectivity index (χ0v) is 43.7. The van der Waals surface area contributed by atoms with Gasteiger partial charge in [-0.3, -0.25) is 24.8 Å². The highest BCUT2D eigenvalue weighted by molar-refractivity contribution is 14.0. The maximum Gasteiger partial charge on any atom is 0.355 e. The number of benzene rings is 4. The van der Waals surface area contributed by atoms with E-state index in [1.807, 2.05) is 80.6 Å². The van der Waals surface area contributed by atoms with Gasteiger partial charge in [0, 0.05) is 40.5 Å². The zero-order valence-electron chi connectivity index (χ0n) is 38.9. The predicted octanol–water partition coefficient (Wildman–Crippen LogP) is 8.83. The van der Waals surface area contributed by atoms with E-state index >= 15 is 0 Å². The number of oxime groups is 1. The minimum Gasteiger partial charge on any atom is -0.497 e. The quantitative estimate of drug-likeness (QED) is 0.0102. The first kappa shape index (κ1) is 50.9. The topological polar surface area (TPSA) is 182 Å². The number of thioether (sulfide) groups is 2. The summed E-state index contributed by atoms with van der Waals surface area (Å²) in [4.78, 5) is 60.0. The summed E-state index contributed by atoms with van der Waals surface area (Å²) < 4.78 is 16.7. The van der Waals surface area contributed by atoms with E-state index in [2.05, 4.69) is 67.6 Å². The Morgan fingerprint density at radius 3 is 2.11 bits per heavy atom. The Bertz CT molecular complexity index is 2900. The maximum absolute atomic E-state index is 14.5. The van der Waals surface area contributed by atoms with Crippen LogP contribution in [0.5, 0.6) is 5.75 Å². The molecule has 0 radical (unpaired) electrons. The van der Waals surface area contributed by atoms with Crippen molar-refractivity contribution in [2.75, 3.05) is 25.3 Å². The van der Waals surface area contributed by atoms with Gasteiger partial charge in [-0.2, -0.15) is 0 Å². The predicted molar refractivity (Wildman–Crippen MR) is 285 cm³/mol. The number of β-lactam (4-membered cyclic amide) rings is 1. The van der Waals surface area contributed by atoms with Crippen LogP contribution in [0, 0.1) is 13.8 Å². The average molecular weight is 1120 g/mol. The standard InChI is InChI=1S/C52H48N8O7S3.HI/c1-32-40(33(2)67-58-32)28-54-47(70-39-24-26-53-27-25-39)41-30-68-49-44(48(62)60(49)45(41)50(63)66-29-34-20-22-38(64-3)23-21-34)56-46(61)43(59-65-4)42-31-69-51(55-42)57-52(35-14-8-5-9-15-35,36-16-10-6-11-17-36)37-18-12-7-13-19-37;/h5-27,31,44,47,49,54H,28-30H2,1-4H3,(H,55,57)(H,56,61);1H/b59-43-;/t44-,47?,49-;/m1./s1. The summed E-state index contributed by atoms with van der Waals surface area (Å²) >= 11 is 4.20. The summed E-state index contributed by atoms with van der Waals surface area (Å²) in [5, 5.41) is 19.6. The summed E-state index contributed by atoms with van der Waals surface area (Å²) in [5.41, 5.74) is 5.25. The van der Waals surface area contributed by atoms with Crippen LogP contribution in [0.15, 0.2) is 171 Å². The van der Waals surface area contributed by atoms with E-state index in [0.717, 1.165) is 38.4 Å². The number of carbonyl (C=O) groups excluding carboxylic acids is 3. The second-order valence-electron chi connectivity index (χ2n) is 16.2. The van der Waals surface area contributed by atoms with Crippen LogP contribution >= 0.6 is 58.8 Å². The number of thiazole rings is 1. The fourth-order valence-electron chi connectivity index (χ4n) is 8.40. The summed E-state index contributed by atoms with van der Waals surface area (Å²) in [7, 11) is 2.92. The number of aryl methyl sites for hydroxylation is 2. The van der Waals surface area contributed by atoms with Crippen molar-refractivity contribution in [1.82, 2.24) is 30.7 Å². The van der Waals surface area contributed by atoms with Gasteiger partial charge in [0.15, 0.2) is 10.8 Å². The summed E-state index contributed by atoms with van der Waals surface area (Å²) in [6.07, 6.45) is 3.39. The molecule has 2 aliphatic rings. The summed E-state index contributed by atoms with van der Waals surface area (Å²) in [6, 6.07) is 40.2. The molecule has 2 aliphatic heterocycles. The number of anilines is 1. The third-order valence-electron chi connectivity index (χ3n) is 11.9. The molecular weight excluding hydrogens is 1070 g/mol. The molecule has 0 saturated carbocycles. The van der Waals surface area contributed by atoms with Crippen LogP contribution in [-0.2, 0) is 42.6 Å². The number of ether oxygens (including phenoxy) is 2. The lowest BCUT2D eigenvalue weighted by Crippen LogP contribution is -2.71. The van der Waals surface area contributed by atoms with Gasteiger partial charge in [0.25, 0.3) is 11.8 Å². The number of halogens is 1. The molecular formula is C52H49IN8O7S3. The number of hydrogen-bond donors (Lipinski definition) is 3. The number of carbonyl (C=O) groups is 3. The number of methoxy groups -OCH3 is 1. The molecule has 3 atom stereocenters. The molecule has 15 nitrogen and oxygen atoms in total. The third-order valence-corrected chi connectivity index (χ3v) is 15.2. The largest absolute Gasteiger partial charge is 0.497 e. The van der Waals surface area contributed by atoms with E-state index in [-0.39, 0.29) is 47.7 Å². The maximum atomic E-state index is 14.5. The van der Waals surface area contributed by atoms with Crippen molar-refractivity contribution >= 4 is 87.5 Å². The highest BCUT2D eigenvalue weighted by Gasteiger charge is 2.55. The number of nitrogens with one attached hydrogen (secondary N) is 3. The fraction of sp³-hybridized carbons (Fsp3) is 0.212. The number of hydrogen-bond acceptors (Lipinski definition) is 16. The van der Waals surface area contributed by atoms with Crippen molar-refractivity contribution < 1.29 is 33.2 Å². The number of aromatic nitrogens is 3. The molecule has 1 unspecified atom stereocenters. The molecule has 4 aromatic carbocycles. The Morgan fingerprint density at radius 2 is 1.54 bits per heavy atom. The first-order valence-electron chi connectivity index (χ1n) is 22.2. The Morgan fingerprint density at radius 1 is 0.901 bits per heavy atom. The van der Waals surface area contributed by atoms with E-state index < -0.39 is 40.1 Å². The van der Waals surface area contributed by atoms with Gasteiger partial charge in [-0.1, -0.05) is 113 Å². The second-order valence-corrected chi connectivity index (χ2v) is 19.3. The molecule has 3 N–H and O–H groups in total. The van der Waals surface area contributed by atoms with Gasteiger partial charge in [0.05, 0.1) is 18.2 Å². The molecule has 7 aromatic rings. The lowest BCUT2D eigenvalue weighted by atomic mass is 9.77. The zero-order chi connectivity index (χ0) is 48.6. The Balaban J connectivity index is 0.00000676. The van der Waals surface area contributed by atoms with Gasteiger partial charge in [0.2, 0.25) is 0 Å². The molecule has 71 heavy (non-hydrogen) atoms. The Hall–Kier alpha value is -6.52. The van der Waals surface area contributed by atoms with E-state index in [1.165, 1.54) is 46.9 Å². The summed E-state index contributed by atoms with van der Waals surface area (Å²) in [6.45, 7) is 4.02. The van der Waals surface area contributed by atoms with Crippen molar-refractivity contribution in [1.29, 1.82) is 0 Å². The lowest BCUT2D eigenvalue weighted by Gasteiger charge is -2.50. The second kappa shape index (κ2) is 23.1. The van der Waals surface area contributed by atoms with Crippen molar-refractivity contribution in [2.24, 2.45) is 5.16 Å². The first-order valence-corrected chi connectivity index (χ1v) is 25.0. The average Bonchev–Trinajstić information content (AvgIpc) is 4.01.